The second kappa shape index (κ2) is 7.22. The van der Waals surface area contributed by atoms with Crippen molar-refractivity contribution in [2.45, 2.75) is 25.9 Å². The van der Waals surface area contributed by atoms with Crippen LogP contribution in [-0.4, -0.2) is 17.6 Å². The van der Waals surface area contributed by atoms with Crippen LogP contribution in [-0.2, 0) is 6.42 Å². The van der Waals surface area contributed by atoms with E-state index in [4.69, 9.17) is 0 Å². The highest BCUT2D eigenvalue weighted by Crippen LogP contribution is 2.18. The first-order valence-corrected chi connectivity index (χ1v) is 7.72. The van der Waals surface area contributed by atoms with Gasteiger partial charge < -0.3 is 10.4 Å². The van der Waals surface area contributed by atoms with Gasteiger partial charge in [-0.1, -0.05) is 19.1 Å². The quantitative estimate of drug-likeness (QED) is 0.858. The summed E-state index contributed by atoms with van der Waals surface area (Å²) in [5.74, 6) is -0.0924. The van der Waals surface area contributed by atoms with Crippen molar-refractivity contribution in [1.82, 2.24) is 5.32 Å². The van der Waals surface area contributed by atoms with Gasteiger partial charge in [0.15, 0.2) is 0 Å². The Morgan fingerprint density at radius 3 is 2.65 bits per heavy atom. The second-order valence-electron chi connectivity index (χ2n) is 4.67. The van der Waals surface area contributed by atoms with Gasteiger partial charge in [0.05, 0.1) is 6.10 Å². The minimum atomic E-state index is -0.510. The first-order chi connectivity index (χ1) is 9.70. The average molecular weight is 289 g/mol. The van der Waals surface area contributed by atoms with Gasteiger partial charge in [0, 0.05) is 12.1 Å². The van der Waals surface area contributed by atoms with Gasteiger partial charge in [-0.15, -0.1) is 0 Å². The van der Waals surface area contributed by atoms with Crippen LogP contribution in [0.15, 0.2) is 41.1 Å². The maximum Gasteiger partial charge on any atom is 0.251 e. The molecule has 0 aliphatic heterocycles. The number of carbonyl (C=O) groups excluding carboxylic acids is 1. The minimum absolute atomic E-state index is 0.0924. The third-order valence-electron chi connectivity index (χ3n) is 3.26. The van der Waals surface area contributed by atoms with E-state index in [9.17, 15) is 9.90 Å². The van der Waals surface area contributed by atoms with E-state index in [2.05, 4.69) is 12.2 Å². The monoisotopic (exact) mass is 289 g/mol. The lowest BCUT2D eigenvalue weighted by molar-refractivity contribution is 0.0942. The number of nitrogens with one attached hydrogen (secondary N) is 1. The topological polar surface area (TPSA) is 49.3 Å². The zero-order valence-electron chi connectivity index (χ0n) is 11.5. The van der Waals surface area contributed by atoms with Crippen molar-refractivity contribution in [3.8, 4) is 0 Å². The summed E-state index contributed by atoms with van der Waals surface area (Å²) < 4.78 is 0. The number of amides is 1. The fraction of sp³-hybridized carbons (Fsp3) is 0.312. The number of carbonyl (C=O) groups is 1. The summed E-state index contributed by atoms with van der Waals surface area (Å²) in [6, 6.07) is 9.51. The zero-order valence-corrected chi connectivity index (χ0v) is 12.3. The third-order valence-corrected chi connectivity index (χ3v) is 3.96. The Morgan fingerprint density at radius 1 is 1.30 bits per heavy atom. The molecule has 3 nitrogen and oxygen atoms in total. The summed E-state index contributed by atoms with van der Waals surface area (Å²) >= 11 is 1.56. The average Bonchev–Trinajstić information content (AvgIpc) is 3.01. The summed E-state index contributed by atoms with van der Waals surface area (Å²) in [5.41, 5.74) is 2.79. The second-order valence-corrected chi connectivity index (χ2v) is 5.45. The normalized spacial score (nSPS) is 12.1. The highest BCUT2D eigenvalue weighted by molar-refractivity contribution is 7.07. The Hall–Kier alpha value is -1.65. The molecule has 0 aliphatic rings. The van der Waals surface area contributed by atoms with Crippen molar-refractivity contribution in [2.24, 2.45) is 0 Å². The molecule has 0 radical (unpaired) electrons. The first kappa shape index (κ1) is 14.8. The highest BCUT2D eigenvalue weighted by atomic mass is 32.1. The van der Waals surface area contributed by atoms with E-state index in [1.54, 1.807) is 11.3 Å². The number of benzene rings is 1. The van der Waals surface area contributed by atoms with Crippen molar-refractivity contribution >= 4 is 17.2 Å². The Labute approximate surface area is 123 Å². The van der Waals surface area contributed by atoms with E-state index in [1.165, 1.54) is 5.56 Å². The van der Waals surface area contributed by atoms with Crippen molar-refractivity contribution in [3.63, 3.8) is 0 Å². The molecule has 0 saturated carbocycles. The molecule has 106 valence electrons. The SMILES string of the molecule is CCc1ccc(C(=O)NCCC(O)c2ccsc2)cc1. The van der Waals surface area contributed by atoms with E-state index in [0.29, 0.717) is 18.5 Å². The molecule has 1 atom stereocenters. The maximum absolute atomic E-state index is 11.9. The summed E-state index contributed by atoms with van der Waals surface area (Å²) in [4.78, 5) is 11.9. The van der Waals surface area contributed by atoms with E-state index < -0.39 is 6.10 Å². The maximum atomic E-state index is 11.9. The molecule has 1 unspecified atom stereocenters. The number of hydrogen-bond acceptors (Lipinski definition) is 3. The molecule has 2 rings (SSSR count). The standard InChI is InChI=1S/C16H19NO2S/c1-2-12-3-5-13(6-4-12)16(19)17-9-7-15(18)14-8-10-20-11-14/h3-6,8,10-11,15,18H,2,7,9H2,1H3,(H,17,19). The molecular weight excluding hydrogens is 270 g/mol. The molecule has 4 heteroatoms. The Bertz CT molecular complexity index is 534. The molecule has 0 saturated heterocycles. The molecule has 0 aliphatic carbocycles. The van der Waals surface area contributed by atoms with Crippen LogP contribution in [0.4, 0.5) is 0 Å². The van der Waals surface area contributed by atoms with Crippen molar-refractivity contribution in [3.05, 3.63) is 57.8 Å². The number of thiophene rings is 1. The molecule has 2 aromatic rings. The summed E-state index contributed by atoms with van der Waals surface area (Å²) in [7, 11) is 0. The lowest BCUT2D eigenvalue weighted by atomic mass is 10.1. The molecule has 2 N–H and O–H groups in total. The Morgan fingerprint density at radius 2 is 2.05 bits per heavy atom. The number of aryl methyl sites for hydroxylation is 1. The van der Waals surface area contributed by atoms with Crippen LogP contribution >= 0.6 is 11.3 Å². The van der Waals surface area contributed by atoms with Crippen molar-refractivity contribution in [2.75, 3.05) is 6.54 Å². The minimum Gasteiger partial charge on any atom is -0.388 e. The van der Waals surface area contributed by atoms with Crippen LogP contribution in [0.3, 0.4) is 0 Å². The van der Waals surface area contributed by atoms with Crippen molar-refractivity contribution in [1.29, 1.82) is 0 Å². The lowest BCUT2D eigenvalue weighted by Gasteiger charge is -2.10. The van der Waals surface area contributed by atoms with Gasteiger partial charge in [-0.2, -0.15) is 11.3 Å². The molecule has 0 bridgehead atoms. The summed E-state index contributed by atoms with van der Waals surface area (Å²) in [6.45, 7) is 2.55. The van der Waals surface area contributed by atoms with Crippen LogP contribution in [0, 0.1) is 0 Å². The highest BCUT2D eigenvalue weighted by Gasteiger charge is 2.09. The zero-order chi connectivity index (χ0) is 14.4. The smallest absolute Gasteiger partial charge is 0.251 e. The van der Waals surface area contributed by atoms with E-state index in [0.717, 1.165) is 12.0 Å². The number of hydrogen-bond donors (Lipinski definition) is 2. The predicted molar refractivity (Wildman–Crippen MR) is 82.0 cm³/mol. The Balaban J connectivity index is 1.80. The summed E-state index contributed by atoms with van der Waals surface area (Å²) in [6.07, 6.45) is 0.980. The van der Waals surface area contributed by atoms with Crippen LogP contribution < -0.4 is 5.32 Å². The molecule has 20 heavy (non-hydrogen) atoms. The first-order valence-electron chi connectivity index (χ1n) is 6.78. The fourth-order valence-electron chi connectivity index (χ4n) is 1.95. The number of aliphatic hydroxyl groups excluding tert-OH is 1. The summed E-state index contributed by atoms with van der Waals surface area (Å²) in [5, 5.41) is 16.6. The molecular formula is C16H19NO2S. The van der Waals surface area contributed by atoms with Crippen LogP contribution in [0.2, 0.25) is 0 Å². The van der Waals surface area contributed by atoms with Crippen molar-refractivity contribution < 1.29 is 9.90 Å². The number of rotatable bonds is 6. The largest absolute Gasteiger partial charge is 0.388 e. The fourth-order valence-corrected chi connectivity index (χ4v) is 2.65. The molecule has 0 spiro atoms. The van der Waals surface area contributed by atoms with Crippen LogP contribution in [0.25, 0.3) is 0 Å². The van der Waals surface area contributed by atoms with Gasteiger partial charge >= 0.3 is 0 Å². The van der Waals surface area contributed by atoms with E-state index in [-0.39, 0.29) is 5.91 Å². The molecule has 1 heterocycles. The van der Waals surface area contributed by atoms with Gasteiger partial charge in [0.1, 0.15) is 0 Å². The van der Waals surface area contributed by atoms with Crippen LogP contribution in [0.5, 0.6) is 0 Å². The number of aliphatic hydroxyl groups is 1. The third kappa shape index (κ3) is 3.92. The molecule has 0 fully saturated rings. The van der Waals surface area contributed by atoms with E-state index >= 15 is 0 Å². The molecule has 1 aromatic heterocycles. The van der Waals surface area contributed by atoms with Gasteiger partial charge in [0.25, 0.3) is 5.91 Å². The molecule has 1 aromatic carbocycles. The van der Waals surface area contributed by atoms with Gasteiger partial charge in [-0.3, -0.25) is 4.79 Å². The Kier molecular flexibility index (Phi) is 5.32. The lowest BCUT2D eigenvalue weighted by Crippen LogP contribution is -2.25. The van der Waals surface area contributed by atoms with Crippen LogP contribution in [0.1, 0.15) is 40.9 Å². The van der Waals surface area contributed by atoms with Gasteiger partial charge in [-0.25, -0.2) is 0 Å². The van der Waals surface area contributed by atoms with E-state index in [1.807, 2.05) is 41.1 Å². The predicted octanol–water partition coefficient (Wildman–Crippen LogP) is 3.16. The van der Waals surface area contributed by atoms with Gasteiger partial charge in [-0.05, 0) is 52.9 Å². The van der Waals surface area contributed by atoms with Gasteiger partial charge in [0.2, 0.25) is 0 Å². The molecule has 1 amide bonds.